The summed E-state index contributed by atoms with van der Waals surface area (Å²) in [6.45, 7) is 19.9. The fraction of sp³-hybridized carbons (Fsp3) is 0.195. The van der Waals surface area contributed by atoms with E-state index in [0.717, 1.165) is 11.8 Å². The van der Waals surface area contributed by atoms with Crippen molar-refractivity contribution in [1.82, 2.24) is 0 Å². The maximum atomic E-state index is 2.44. The average Bonchev–Trinajstić information content (AvgIpc) is 4.00. The van der Waals surface area contributed by atoms with Gasteiger partial charge in [0.25, 0.3) is 0 Å². The molecule has 0 saturated heterocycles. The maximum Gasteiger partial charge on any atom is 0.0713 e. The number of rotatable bonds is 5. The van der Waals surface area contributed by atoms with Crippen LogP contribution in [0, 0.1) is 53.4 Å². The molecule has 3 aliphatic rings. The predicted octanol–water partition coefficient (Wildman–Crippen LogP) is 21.0. The summed E-state index contributed by atoms with van der Waals surface area (Å²) in [5.41, 5.74) is 24.6. The Morgan fingerprint density at radius 3 is 1.49 bits per heavy atom. The summed E-state index contributed by atoms with van der Waals surface area (Å²) in [6, 6.07) is 87.1. The van der Waals surface area contributed by atoms with E-state index in [1.54, 1.807) is 11.1 Å². The first kappa shape index (κ1) is 53.8. The van der Waals surface area contributed by atoms with Gasteiger partial charge in [-0.25, -0.2) is 0 Å². The summed E-state index contributed by atoms with van der Waals surface area (Å²) in [7, 11) is 0. The summed E-state index contributed by atoms with van der Waals surface area (Å²) >= 11 is 0. The molecule has 0 fully saturated rings. The van der Waals surface area contributed by atoms with E-state index in [2.05, 4.69) is 293 Å². The first-order valence-electron chi connectivity index (χ1n) is 27.9. The van der Waals surface area contributed by atoms with Crippen molar-refractivity contribution >= 4 is 16.3 Å². The summed E-state index contributed by atoms with van der Waals surface area (Å²) in [6.07, 6.45) is 7.19. The second-order valence-corrected chi connectivity index (χ2v) is 21.6. The van der Waals surface area contributed by atoms with Gasteiger partial charge >= 0.3 is 0 Å². The fourth-order valence-corrected chi connectivity index (χ4v) is 12.0. The van der Waals surface area contributed by atoms with Crippen molar-refractivity contribution < 1.29 is 0 Å². The molecular weight excluding hydrogens is 925 g/mol. The van der Waals surface area contributed by atoms with Gasteiger partial charge in [0.15, 0.2) is 0 Å². The molecular formula is C77H76. The van der Waals surface area contributed by atoms with Crippen molar-refractivity contribution in [2.75, 3.05) is 0 Å². The average molecular weight is 1000 g/mol. The Labute approximate surface area is 461 Å². The van der Waals surface area contributed by atoms with Gasteiger partial charge in [0.2, 0.25) is 0 Å². The molecule has 0 amide bonds. The molecule has 384 valence electrons. The molecule has 0 nitrogen and oxygen atoms in total. The van der Waals surface area contributed by atoms with Gasteiger partial charge in [0.05, 0.1) is 5.41 Å². The van der Waals surface area contributed by atoms with Crippen molar-refractivity contribution in [2.45, 2.75) is 86.5 Å². The first-order chi connectivity index (χ1) is 37.5. The van der Waals surface area contributed by atoms with Crippen LogP contribution in [-0.4, -0.2) is 0 Å². The van der Waals surface area contributed by atoms with Gasteiger partial charge in [-0.2, -0.15) is 0 Å². The number of allylic oxidation sites excluding steroid dienone is 4. The lowest BCUT2D eigenvalue weighted by molar-refractivity contribution is 0.423. The highest BCUT2D eigenvalue weighted by Gasteiger charge is 2.47. The lowest BCUT2D eigenvalue weighted by atomic mass is 9.67. The number of fused-ring (bicyclic) bond motifs is 7. The van der Waals surface area contributed by atoms with Crippen LogP contribution in [0.15, 0.2) is 260 Å². The Morgan fingerprint density at radius 1 is 0.429 bits per heavy atom. The van der Waals surface area contributed by atoms with E-state index in [9.17, 15) is 0 Å². The minimum atomic E-state index is -0.325. The summed E-state index contributed by atoms with van der Waals surface area (Å²) in [4.78, 5) is 0. The Bertz CT molecular complexity index is 3530. The van der Waals surface area contributed by atoms with Crippen molar-refractivity contribution in [3.05, 3.63) is 327 Å². The van der Waals surface area contributed by atoms with E-state index < -0.39 is 0 Å². The fourth-order valence-electron chi connectivity index (χ4n) is 12.0. The summed E-state index contributed by atoms with van der Waals surface area (Å²) < 4.78 is 0. The predicted molar refractivity (Wildman–Crippen MR) is 333 cm³/mol. The molecule has 0 aliphatic heterocycles. The van der Waals surface area contributed by atoms with Gasteiger partial charge in [-0.1, -0.05) is 309 Å². The van der Waals surface area contributed by atoms with Crippen LogP contribution in [0.2, 0.25) is 0 Å². The molecule has 2 unspecified atom stereocenters. The second kappa shape index (κ2) is 24.7. The Balaban J connectivity index is 0.000000132. The molecule has 0 N–H and O–H groups in total. The highest BCUT2D eigenvalue weighted by atomic mass is 14.5. The third-order valence-electron chi connectivity index (χ3n) is 15.8. The summed E-state index contributed by atoms with van der Waals surface area (Å²) in [5.74, 6) is 2.14. The van der Waals surface area contributed by atoms with E-state index in [0.29, 0.717) is 5.92 Å². The highest BCUT2D eigenvalue weighted by molar-refractivity contribution is 6.05. The smallest absolute Gasteiger partial charge is 0.0713 e. The standard InChI is InChI=1S/C31H24.C18H22.C13H12.C8H10.C7H8/c1-21-17-18-27-28(19-21)31(23-11-5-3-6-12-23,24-13-7-4-8-14-24)29-20-22(2)25-15-9-10-16-26(25)30(27)29;1-4-13-15-8-5-6-9-16(15)17-11-7-10-14(12(2)3)18(13)17;1-11-6-5-9-13(10-11)12-7-3-2-4-8-12;1-7-3-5-8(2)6-4-7;1-7-5-3-2-4-6-7/h3-20H,1-2H3;5-9,11-14H,4,10H2,1-3H3;2-10H,1H3;3-6H,1-2H3;2-6H,1H3. The molecule has 0 heteroatoms. The van der Waals surface area contributed by atoms with Crippen LogP contribution >= 0.6 is 0 Å². The minimum absolute atomic E-state index is 0.325. The molecule has 77 heavy (non-hydrogen) atoms. The van der Waals surface area contributed by atoms with Crippen molar-refractivity contribution in [1.29, 1.82) is 0 Å². The molecule has 13 rings (SSSR count). The van der Waals surface area contributed by atoms with E-state index >= 15 is 0 Å². The van der Waals surface area contributed by atoms with Crippen LogP contribution in [0.5, 0.6) is 0 Å². The number of hydrogen-bond acceptors (Lipinski definition) is 0. The van der Waals surface area contributed by atoms with Crippen LogP contribution in [-0.2, 0) is 5.41 Å². The second-order valence-electron chi connectivity index (χ2n) is 21.6. The van der Waals surface area contributed by atoms with E-state index in [-0.39, 0.29) is 5.41 Å². The Morgan fingerprint density at radius 2 is 0.922 bits per heavy atom. The number of benzene rings is 10. The first-order valence-corrected chi connectivity index (χ1v) is 27.9. The Kier molecular flexibility index (Phi) is 17.3. The highest BCUT2D eigenvalue weighted by Crippen LogP contribution is 2.58. The zero-order valence-corrected chi connectivity index (χ0v) is 46.9. The Hall–Kier alpha value is -8.06. The molecule has 10 aromatic carbocycles. The molecule has 0 bridgehead atoms. The van der Waals surface area contributed by atoms with Gasteiger partial charge < -0.3 is 0 Å². The largest absolute Gasteiger partial charge is 0.0833 e. The quantitative estimate of drug-likeness (QED) is 0.161. The molecule has 0 aromatic heterocycles. The van der Waals surface area contributed by atoms with Crippen LogP contribution in [0.4, 0.5) is 0 Å². The van der Waals surface area contributed by atoms with Gasteiger partial charge in [0, 0.05) is 5.92 Å². The normalized spacial score (nSPS) is 14.9. The lowest BCUT2D eigenvalue weighted by Gasteiger charge is -2.34. The molecule has 10 aromatic rings. The van der Waals surface area contributed by atoms with E-state index in [4.69, 9.17) is 0 Å². The van der Waals surface area contributed by atoms with Crippen molar-refractivity contribution in [3.63, 3.8) is 0 Å². The molecule has 2 atom stereocenters. The van der Waals surface area contributed by atoms with Crippen LogP contribution in [0.25, 0.3) is 38.6 Å². The SMILES string of the molecule is CCC1C2=C(C=CCC2C(C)C)c2ccccc21.Cc1ccc(C)cc1.Cc1ccc2c(c1)C(c1ccccc1)(c1ccccc1)c1cc(C)c3ccccc3c1-2.Cc1cccc(-c2ccccc2)c1.Cc1ccccc1. The van der Waals surface area contributed by atoms with Gasteiger partial charge in [-0.3, -0.25) is 0 Å². The minimum Gasteiger partial charge on any atom is -0.0833 e. The molecule has 0 spiro atoms. The third-order valence-corrected chi connectivity index (χ3v) is 15.8. The van der Waals surface area contributed by atoms with Gasteiger partial charge in [-0.15, -0.1) is 0 Å². The van der Waals surface area contributed by atoms with Gasteiger partial charge in [-0.05, 0) is 144 Å². The summed E-state index contributed by atoms with van der Waals surface area (Å²) in [5, 5.41) is 2.68. The number of hydrogen-bond donors (Lipinski definition) is 0. The zero-order valence-electron chi connectivity index (χ0n) is 46.9. The van der Waals surface area contributed by atoms with E-state index in [1.165, 1.54) is 113 Å². The molecule has 0 radical (unpaired) electrons. The molecule has 3 aliphatic carbocycles. The van der Waals surface area contributed by atoms with Gasteiger partial charge in [0.1, 0.15) is 0 Å². The molecule has 0 saturated carbocycles. The monoisotopic (exact) mass is 1000 g/mol. The van der Waals surface area contributed by atoms with Crippen molar-refractivity contribution in [3.8, 4) is 22.3 Å². The van der Waals surface area contributed by atoms with Crippen LogP contribution in [0.1, 0.15) is 106 Å². The zero-order chi connectivity index (χ0) is 53.9. The topological polar surface area (TPSA) is 0 Å². The van der Waals surface area contributed by atoms with Crippen LogP contribution < -0.4 is 0 Å². The van der Waals surface area contributed by atoms with Crippen molar-refractivity contribution in [2.24, 2.45) is 11.8 Å². The number of aryl methyl sites for hydroxylation is 6. The maximum absolute atomic E-state index is 2.44. The third kappa shape index (κ3) is 11.7. The van der Waals surface area contributed by atoms with E-state index in [1.807, 2.05) is 24.3 Å². The molecule has 0 heterocycles. The van der Waals surface area contributed by atoms with Crippen LogP contribution in [0.3, 0.4) is 0 Å². The lowest BCUT2D eigenvalue weighted by Crippen LogP contribution is -2.28.